The van der Waals surface area contributed by atoms with E-state index < -0.39 is 0 Å². The van der Waals surface area contributed by atoms with Gasteiger partial charge in [-0.05, 0) is 45.2 Å². The molecule has 18 heavy (non-hydrogen) atoms. The topological polar surface area (TPSA) is 43.3 Å². The molecule has 2 rings (SSSR count). The van der Waals surface area contributed by atoms with Crippen LogP contribution in [0.4, 0.5) is 5.69 Å². The average Bonchev–Trinajstić information content (AvgIpc) is 2.79. The first-order valence-corrected chi connectivity index (χ1v) is 6.64. The molecule has 1 saturated carbocycles. The summed E-state index contributed by atoms with van der Waals surface area (Å²) in [4.78, 5) is 12.4. The molecule has 4 heteroatoms. The molecular weight excluding hydrogens is 228 g/mol. The highest BCUT2D eigenvalue weighted by Crippen LogP contribution is 2.31. The molecular formula is C14H22N2O2. The summed E-state index contributed by atoms with van der Waals surface area (Å²) < 4.78 is 7.30. The zero-order chi connectivity index (χ0) is 13.1. The quantitative estimate of drug-likeness (QED) is 0.892. The zero-order valence-corrected chi connectivity index (χ0v) is 11.3. The van der Waals surface area contributed by atoms with Crippen LogP contribution >= 0.6 is 0 Å². The van der Waals surface area contributed by atoms with Gasteiger partial charge in [0, 0.05) is 19.3 Å². The van der Waals surface area contributed by atoms with Gasteiger partial charge in [-0.15, -0.1) is 0 Å². The van der Waals surface area contributed by atoms with E-state index in [9.17, 15) is 4.79 Å². The van der Waals surface area contributed by atoms with E-state index in [-0.39, 0.29) is 23.7 Å². The summed E-state index contributed by atoms with van der Waals surface area (Å²) in [6.45, 7) is 4.06. The SMILES string of the molecule is CO[C@H]1CCC[C@@H]1n1cccc(NC(C)C)c1=O. The second-order valence-corrected chi connectivity index (χ2v) is 5.21. The highest BCUT2D eigenvalue weighted by Gasteiger charge is 2.29. The Morgan fingerprint density at radius 3 is 2.89 bits per heavy atom. The van der Waals surface area contributed by atoms with Crippen molar-refractivity contribution in [1.29, 1.82) is 0 Å². The van der Waals surface area contributed by atoms with Gasteiger partial charge >= 0.3 is 0 Å². The molecule has 0 spiro atoms. The lowest BCUT2D eigenvalue weighted by molar-refractivity contribution is 0.0739. The summed E-state index contributed by atoms with van der Waals surface area (Å²) in [5.74, 6) is 0. The molecule has 0 bridgehead atoms. The van der Waals surface area contributed by atoms with E-state index >= 15 is 0 Å². The van der Waals surface area contributed by atoms with Crippen LogP contribution in [0.25, 0.3) is 0 Å². The first-order valence-electron chi connectivity index (χ1n) is 6.64. The number of hydrogen-bond donors (Lipinski definition) is 1. The number of ether oxygens (including phenoxy) is 1. The van der Waals surface area contributed by atoms with Crippen molar-refractivity contribution in [2.45, 2.75) is 51.3 Å². The number of nitrogens with zero attached hydrogens (tertiary/aromatic N) is 1. The van der Waals surface area contributed by atoms with Crippen molar-refractivity contribution in [2.24, 2.45) is 0 Å². The number of nitrogens with one attached hydrogen (secondary N) is 1. The maximum Gasteiger partial charge on any atom is 0.274 e. The van der Waals surface area contributed by atoms with E-state index in [1.54, 1.807) is 7.11 Å². The molecule has 100 valence electrons. The van der Waals surface area contributed by atoms with Crippen LogP contribution in [-0.2, 0) is 4.74 Å². The predicted octanol–water partition coefficient (Wildman–Crippen LogP) is 2.41. The molecule has 1 heterocycles. The minimum Gasteiger partial charge on any atom is -0.379 e. The Hall–Kier alpha value is -1.29. The maximum atomic E-state index is 12.4. The summed E-state index contributed by atoms with van der Waals surface area (Å²) in [5, 5.41) is 3.20. The highest BCUT2D eigenvalue weighted by molar-refractivity contribution is 5.41. The maximum absolute atomic E-state index is 12.4. The molecule has 2 atom stereocenters. The standard InChI is InChI=1S/C14H22N2O2/c1-10(2)15-11-6-5-9-16(14(11)17)12-7-4-8-13(12)18-3/h5-6,9-10,12-13,15H,4,7-8H2,1-3H3/t12-,13-/m0/s1. The normalized spacial score (nSPS) is 23.6. The minimum atomic E-state index is 0.0557. The summed E-state index contributed by atoms with van der Waals surface area (Å²) in [5.41, 5.74) is 0.731. The van der Waals surface area contributed by atoms with Crippen molar-refractivity contribution in [3.8, 4) is 0 Å². The van der Waals surface area contributed by atoms with E-state index in [0.29, 0.717) is 5.69 Å². The molecule has 1 aromatic rings. The number of pyridine rings is 1. The third-order valence-electron chi connectivity index (χ3n) is 3.50. The van der Waals surface area contributed by atoms with Crippen LogP contribution in [0.5, 0.6) is 0 Å². The van der Waals surface area contributed by atoms with E-state index in [1.165, 1.54) is 0 Å². The highest BCUT2D eigenvalue weighted by atomic mass is 16.5. The Bertz CT molecular complexity index is 453. The molecule has 1 aliphatic carbocycles. The Balaban J connectivity index is 2.31. The van der Waals surface area contributed by atoms with Gasteiger partial charge in [-0.2, -0.15) is 0 Å². The van der Waals surface area contributed by atoms with Crippen LogP contribution in [0.3, 0.4) is 0 Å². The largest absolute Gasteiger partial charge is 0.379 e. The molecule has 1 aromatic heterocycles. The minimum absolute atomic E-state index is 0.0557. The lowest BCUT2D eigenvalue weighted by Gasteiger charge is -2.22. The van der Waals surface area contributed by atoms with Crippen molar-refractivity contribution >= 4 is 5.69 Å². The molecule has 1 aliphatic rings. The first-order chi connectivity index (χ1) is 8.63. The smallest absolute Gasteiger partial charge is 0.274 e. The fraction of sp³-hybridized carbons (Fsp3) is 0.643. The molecule has 0 aromatic carbocycles. The summed E-state index contributed by atoms with van der Waals surface area (Å²) in [7, 11) is 1.73. The Labute approximate surface area is 108 Å². The first kappa shape index (κ1) is 13.1. The lowest BCUT2D eigenvalue weighted by atomic mass is 10.2. The Morgan fingerprint density at radius 1 is 1.44 bits per heavy atom. The van der Waals surface area contributed by atoms with Crippen LogP contribution in [-0.4, -0.2) is 23.8 Å². The molecule has 1 fully saturated rings. The number of methoxy groups -OCH3 is 1. The number of hydrogen-bond acceptors (Lipinski definition) is 3. The van der Waals surface area contributed by atoms with Crippen LogP contribution in [0.1, 0.15) is 39.2 Å². The van der Waals surface area contributed by atoms with Gasteiger partial charge in [0.15, 0.2) is 0 Å². The van der Waals surface area contributed by atoms with Gasteiger partial charge in [-0.25, -0.2) is 0 Å². The van der Waals surface area contributed by atoms with Gasteiger partial charge in [-0.1, -0.05) is 0 Å². The average molecular weight is 250 g/mol. The Morgan fingerprint density at radius 2 is 2.22 bits per heavy atom. The molecule has 1 N–H and O–H groups in total. The summed E-state index contributed by atoms with van der Waals surface area (Å²) >= 11 is 0. The van der Waals surface area contributed by atoms with Gasteiger partial charge in [0.2, 0.25) is 0 Å². The lowest BCUT2D eigenvalue weighted by Crippen LogP contribution is -2.32. The molecule has 0 aliphatic heterocycles. The van der Waals surface area contributed by atoms with Gasteiger partial charge in [0.1, 0.15) is 5.69 Å². The van der Waals surface area contributed by atoms with Crippen LogP contribution in [0.15, 0.2) is 23.1 Å². The van der Waals surface area contributed by atoms with Gasteiger partial charge < -0.3 is 14.6 Å². The fourth-order valence-electron chi connectivity index (χ4n) is 2.69. The third kappa shape index (κ3) is 2.58. The summed E-state index contributed by atoms with van der Waals surface area (Å²) in [6.07, 6.45) is 5.21. The van der Waals surface area contributed by atoms with Crippen LogP contribution in [0.2, 0.25) is 0 Å². The molecule has 0 amide bonds. The number of rotatable bonds is 4. The van der Waals surface area contributed by atoms with Crippen molar-refractivity contribution in [3.63, 3.8) is 0 Å². The second-order valence-electron chi connectivity index (χ2n) is 5.21. The van der Waals surface area contributed by atoms with Crippen molar-refractivity contribution < 1.29 is 4.74 Å². The van der Waals surface area contributed by atoms with E-state index in [1.807, 2.05) is 36.7 Å². The number of aromatic nitrogens is 1. The number of anilines is 1. The molecule has 4 nitrogen and oxygen atoms in total. The zero-order valence-electron chi connectivity index (χ0n) is 11.3. The van der Waals surface area contributed by atoms with Crippen molar-refractivity contribution in [3.05, 3.63) is 28.7 Å². The van der Waals surface area contributed by atoms with Crippen LogP contribution in [0, 0.1) is 0 Å². The van der Waals surface area contributed by atoms with Gasteiger partial charge in [-0.3, -0.25) is 4.79 Å². The summed E-state index contributed by atoms with van der Waals surface area (Å²) in [6, 6.07) is 4.21. The van der Waals surface area contributed by atoms with Gasteiger partial charge in [0.05, 0.1) is 12.1 Å². The van der Waals surface area contributed by atoms with Crippen molar-refractivity contribution in [2.75, 3.05) is 12.4 Å². The van der Waals surface area contributed by atoms with Crippen molar-refractivity contribution in [1.82, 2.24) is 4.57 Å². The van der Waals surface area contributed by atoms with E-state index in [4.69, 9.17) is 4.74 Å². The predicted molar refractivity (Wildman–Crippen MR) is 73.1 cm³/mol. The molecule has 0 unspecified atom stereocenters. The Kier molecular flexibility index (Phi) is 4.07. The molecule has 0 radical (unpaired) electrons. The fourth-order valence-corrected chi connectivity index (χ4v) is 2.69. The molecule has 0 saturated heterocycles. The second kappa shape index (κ2) is 5.57. The van der Waals surface area contributed by atoms with Crippen LogP contribution < -0.4 is 10.9 Å². The third-order valence-corrected chi connectivity index (χ3v) is 3.50. The monoisotopic (exact) mass is 250 g/mol. The van der Waals surface area contributed by atoms with Gasteiger partial charge in [0.25, 0.3) is 5.56 Å². The van der Waals surface area contributed by atoms with E-state index in [2.05, 4.69) is 5.32 Å². The van der Waals surface area contributed by atoms with E-state index in [0.717, 1.165) is 19.3 Å².